The molecule has 1 aliphatic heterocycles. The van der Waals surface area contributed by atoms with E-state index in [0.717, 1.165) is 24.8 Å². The molecule has 1 aromatic heterocycles. The molecule has 2 amide bonds. The topological polar surface area (TPSA) is 49.4 Å². The number of nitrogens with one attached hydrogen (secondary N) is 1. The van der Waals surface area contributed by atoms with Gasteiger partial charge in [0.15, 0.2) is 0 Å². The van der Waals surface area contributed by atoms with Crippen LogP contribution in [0.4, 0.5) is 0 Å². The van der Waals surface area contributed by atoms with Gasteiger partial charge in [0.05, 0.1) is 5.41 Å². The summed E-state index contributed by atoms with van der Waals surface area (Å²) in [5.74, 6) is 0.0686. The highest BCUT2D eigenvalue weighted by atomic mass is 32.1. The van der Waals surface area contributed by atoms with Gasteiger partial charge in [-0.25, -0.2) is 0 Å². The highest BCUT2D eigenvalue weighted by molar-refractivity contribution is 7.17. The molecule has 0 aliphatic carbocycles. The fraction of sp³-hybridized carbons (Fsp3) is 0.444. The Morgan fingerprint density at radius 3 is 2.96 bits per heavy atom. The van der Waals surface area contributed by atoms with E-state index >= 15 is 0 Å². The number of rotatable bonds is 3. The zero-order valence-electron chi connectivity index (χ0n) is 13.6. The second kappa shape index (κ2) is 6.32. The summed E-state index contributed by atoms with van der Waals surface area (Å²) in [5, 5.41) is 6.04. The smallest absolute Gasteiger partial charge is 0.253 e. The van der Waals surface area contributed by atoms with Crippen LogP contribution in [-0.2, 0) is 4.79 Å². The Kier molecular flexibility index (Phi) is 4.39. The van der Waals surface area contributed by atoms with Crippen molar-refractivity contribution in [1.82, 2.24) is 10.2 Å². The molecule has 1 unspecified atom stereocenters. The lowest BCUT2D eigenvalue weighted by Crippen LogP contribution is -2.51. The van der Waals surface area contributed by atoms with E-state index in [1.54, 1.807) is 11.3 Å². The van der Waals surface area contributed by atoms with Crippen LogP contribution in [0.5, 0.6) is 0 Å². The first-order chi connectivity index (χ1) is 11.0. The Morgan fingerprint density at radius 1 is 1.35 bits per heavy atom. The zero-order chi connectivity index (χ0) is 16.4. The number of benzene rings is 1. The van der Waals surface area contributed by atoms with Crippen molar-refractivity contribution < 1.29 is 9.59 Å². The molecule has 2 heterocycles. The second-order valence-electron chi connectivity index (χ2n) is 6.42. The summed E-state index contributed by atoms with van der Waals surface area (Å²) in [6, 6.07) is 7.87. The fourth-order valence-electron chi connectivity index (χ4n) is 3.25. The number of fused-ring (bicyclic) bond motifs is 1. The summed E-state index contributed by atoms with van der Waals surface area (Å²) in [6.45, 7) is 5.70. The van der Waals surface area contributed by atoms with Gasteiger partial charge in [0.1, 0.15) is 0 Å². The third-order valence-electron chi connectivity index (χ3n) is 4.57. The van der Waals surface area contributed by atoms with Crippen molar-refractivity contribution in [1.29, 1.82) is 0 Å². The normalized spacial score (nSPS) is 21.4. The molecule has 1 fully saturated rings. The highest BCUT2D eigenvalue weighted by Gasteiger charge is 2.39. The molecule has 0 spiro atoms. The monoisotopic (exact) mass is 330 g/mol. The van der Waals surface area contributed by atoms with Crippen LogP contribution in [0.25, 0.3) is 10.1 Å². The molecule has 1 N–H and O–H groups in total. The summed E-state index contributed by atoms with van der Waals surface area (Å²) < 4.78 is 1.19. The van der Waals surface area contributed by atoms with Crippen LogP contribution in [-0.4, -0.2) is 36.3 Å². The average molecular weight is 330 g/mol. The first kappa shape index (κ1) is 16.0. The maximum Gasteiger partial charge on any atom is 0.253 e. The maximum atomic E-state index is 12.8. The van der Waals surface area contributed by atoms with Crippen molar-refractivity contribution >= 4 is 33.2 Å². The number of amides is 2. The lowest BCUT2D eigenvalue weighted by molar-refractivity contribution is -0.132. The SMILES string of the molecule is CCNC(=O)C1(C)CCCN(C(=O)c2ccc3sccc3c2)C1. The Hall–Kier alpha value is -1.88. The van der Waals surface area contributed by atoms with Crippen molar-refractivity contribution in [3.63, 3.8) is 0 Å². The van der Waals surface area contributed by atoms with Crippen LogP contribution in [0.2, 0.25) is 0 Å². The fourth-order valence-corrected chi connectivity index (χ4v) is 4.03. The van der Waals surface area contributed by atoms with Crippen molar-refractivity contribution in [3.05, 3.63) is 35.2 Å². The van der Waals surface area contributed by atoms with E-state index in [4.69, 9.17) is 0 Å². The van der Waals surface area contributed by atoms with Crippen LogP contribution in [0.15, 0.2) is 29.6 Å². The molecular weight excluding hydrogens is 308 g/mol. The van der Waals surface area contributed by atoms with E-state index < -0.39 is 5.41 Å². The van der Waals surface area contributed by atoms with E-state index in [-0.39, 0.29) is 11.8 Å². The number of carbonyl (C=O) groups is 2. The van der Waals surface area contributed by atoms with Crippen LogP contribution in [0.1, 0.15) is 37.0 Å². The largest absolute Gasteiger partial charge is 0.356 e. The van der Waals surface area contributed by atoms with Crippen LogP contribution in [0, 0.1) is 5.41 Å². The Balaban J connectivity index is 1.80. The minimum absolute atomic E-state index is 0.0216. The van der Waals surface area contributed by atoms with Gasteiger partial charge in [-0.05, 0) is 61.7 Å². The number of carbonyl (C=O) groups excluding carboxylic acids is 2. The van der Waals surface area contributed by atoms with Gasteiger partial charge in [0.25, 0.3) is 5.91 Å². The molecule has 1 saturated heterocycles. The van der Waals surface area contributed by atoms with Gasteiger partial charge in [0, 0.05) is 29.9 Å². The van der Waals surface area contributed by atoms with Crippen molar-refractivity contribution in [2.24, 2.45) is 5.41 Å². The quantitative estimate of drug-likeness (QED) is 0.939. The summed E-state index contributed by atoms with van der Waals surface area (Å²) in [7, 11) is 0. The predicted molar refractivity (Wildman–Crippen MR) is 93.8 cm³/mol. The summed E-state index contributed by atoms with van der Waals surface area (Å²) >= 11 is 1.67. The van der Waals surface area contributed by atoms with Gasteiger partial charge < -0.3 is 10.2 Å². The molecular formula is C18H22N2O2S. The molecule has 3 rings (SSSR count). The lowest BCUT2D eigenvalue weighted by atomic mass is 9.80. The lowest BCUT2D eigenvalue weighted by Gasteiger charge is -2.39. The summed E-state index contributed by atoms with van der Waals surface area (Å²) in [6.07, 6.45) is 1.69. The Bertz CT molecular complexity index is 739. The van der Waals surface area contributed by atoms with Gasteiger partial charge >= 0.3 is 0 Å². The molecule has 1 aromatic carbocycles. The van der Waals surface area contributed by atoms with E-state index in [2.05, 4.69) is 5.32 Å². The van der Waals surface area contributed by atoms with Gasteiger partial charge in [-0.2, -0.15) is 0 Å². The number of hydrogen-bond acceptors (Lipinski definition) is 3. The molecule has 5 heteroatoms. The van der Waals surface area contributed by atoms with Crippen molar-refractivity contribution in [2.75, 3.05) is 19.6 Å². The molecule has 4 nitrogen and oxygen atoms in total. The minimum atomic E-state index is -0.490. The third kappa shape index (κ3) is 3.11. The van der Waals surface area contributed by atoms with Gasteiger partial charge in [-0.3, -0.25) is 9.59 Å². The standard InChI is InChI=1S/C18H22N2O2S/c1-3-19-17(22)18(2)8-4-9-20(12-18)16(21)14-5-6-15-13(11-14)7-10-23-15/h5-7,10-11H,3-4,8-9,12H2,1-2H3,(H,19,22). The van der Waals surface area contributed by atoms with Crippen molar-refractivity contribution in [2.45, 2.75) is 26.7 Å². The number of likely N-dealkylation sites (tertiary alicyclic amines) is 1. The number of thiophene rings is 1. The summed E-state index contributed by atoms with van der Waals surface area (Å²) in [5.41, 5.74) is 0.215. The summed E-state index contributed by atoms with van der Waals surface area (Å²) in [4.78, 5) is 27.0. The van der Waals surface area contributed by atoms with Crippen LogP contribution < -0.4 is 5.32 Å². The van der Waals surface area contributed by atoms with Gasteiger partial charge in [-0.15, -0.1) is 11.3 Å². The first-order valence-electron chi connectivity index (χ1n) is 8.08. The Morgan fingerprint density at radius 2 is 2.17 bits per heavy atom. The molecule has 0 radical (unpaired) electrons. The maximum absolute atomic E-state index is 12.8. The molecule has 23 heavy (non-hydrogen) atoms. The number of nitrogens with zero attached hydrogens (tertiary/aromatic N) is 1. The minimum Gasteiger partial charge on any atom is -0.356 e. The molecule has 0 bridgehead atoms. The third-order valence-corrected chi connectivity index (χ3v) is 5.47. The first-order valence-corrected chi connectivity index (χ1v) is 8.96. The van der Waals surface area contributed by atoms with E-state index in [0.29, 0.717) is 18.7 Å². The van der Waals surface area contributed by atoms with Crippen molar-refractivity contribution in [3.8, 4) is 0 Å². The van der Waals surface area contributed by atoms with Gasteiger partial charge in [-0.1, -0.05) is 0 Å². The van der Waals surface area contributed by atoms with Crippen LogP contribution in [0.3, 0.4) is 0 Å². The van der Waals surface area contributed by atoms with Gasteiger partial charge in [0.2, 0.25) is 5.91 Å². The average Bonchev–Trinajstić information content (AvgIpc) is 3.02. The number of hydrogen-bond donors (Lipinski definition) is 1. The molecule has 2 aromatic rings. The van der Waals surface area contributed by atoms with E-state index in [1.807, 2.05) is 48.4 Å². The predicted octanol–water partition coefficient (Wildman–Crippen LogP) is 3.28. The Labute approximate surface area is 140 Å². The van der Waals surface area contributed by atoms with E-state index in [9.17, 15) is 9.59 Å². The molecule has 122 valence electrons. The molecule has 1 atom stereocenters. The highest BCUT2D eigenvalue weighted by Crippen LogP contribution is 2.31. The zero-order valence-corrected chi connectivity index (χ0v) is 14.4. The van der Waals surface area contributed by atoms with Crippen LogP contribution >= 0.6 is 11.3 Å². The van der Waals surface area contributed by atoms with E-state index in [1.165, 1.54) is 4.70 Å². The number of piperidine rings is 1. The second-order valence-corrected chi connectivity index (χ2v) is 7.37. The molecule has 0 saturated carbocycles. The molecule has 1 aliphatic rings.